The van der Waals surface area contributed by atoms with Crippen molar-refractivity contribution < 1.29 is 8.42 Å². The fraction of sp³-hybridized carbons (Fsp3) is 0.273. The molecule has 5 heteroatoms. The summed E-state index contributed by atoms with van der Waals surface area (Å²) < 4.78 is 25.6. The van der Waals surface area contributed by atoms with Crippen LogP contribution in [0, 0.1) is 6.92 Å². The Bertz CT molecular complexity index is 491. The van der Waals surface area contributed by atoms with Gasteiger partial charge in [-0.3, -0.25) is 9.62 Å². The van der Waals surface area contributed by atoms with Crippen LogP contribution in [0.2, 0.25) is 0 Å². The SMILES string of the molecule is Cc1ccc(S(=O)(=O)N2C=CCNC2)cc1. The Morgan fingerprint density at radius 1 is 1.25 bits per heavy atom. The molecule has 4 nitrogen and oxygen atoms in total. The molecule has 0 saturated carbocycles. The Hall–Kier alpha value is -1.33. The second-order valence-electron chi connectivity index (χ2n) is 3.70. The molecule has 0 spiro atoms. The molecule has 0 bridgehead atoms. The van der Waals surface area contributed by atoms with E-state index in [-0.39, 0.29) is 0 Å². The minimum absolute atomic E-state index is 0.325. The van der Waals surface area contributed by atoms with Crippen molar-refractivity contribution in [2.24, 2.45) is 0 Å². The summed E-state index contributed by atoms with van der Waals surface area (Å²) in [4.78, 5) is 0.325. The summed E-state index contributed by atoms with van der Waals surface area (Å²) in [6, 6.07) is 6.86. The zero-order valence-electron chi connectivity index (χ0n) is 9.05. The molecular weight excluding hydrogens is 224 g/mol. The predicted octanol–water partition coefficient (Wildman–Crippen LogP) is 1.06. The monoisotopic (exact) mass is 238 g/mol. The van der Waals surface area contributed by atoms with Crippen LogP contribution in [0.1, 0.15) is 5.56 Å². The van der Waals surface area contributed by atoms with Crippen molar-refractivity contribution >= 4 is 10.0 Å². The first-order valence-corrected chi connectivity index (χ1v) is 6.50. The second kappa shape index (κ2) is 4.27. The van der Waals surface area contributed by atoms with Gasteiger partial charge in [0.2, 0.25) is 0 Å². The molecule has 0 fully saturated rings. The quantitative estimate of drug-likeness (QED) is 0.838. The largest absolute Gasteiger partial charge is 0.295 e. The highest BCUT2D eigenvalue weighted by Crippen LogP contribution is 2.16. The number of sulfonamides is 1. The van der Waals surface area contributed by atoms with Crippen LogP contribution in [0.15, 0.2) is 41.4 Å². The minimum Gasteiger partial charge on any atom is -0.295 e. The highest BCUT2D eigenvalue weighted by molar-refractivity contribution is 7.89. The molecule has 1 aromatic carbocycles. The molecule has 0 unspecified atom stereocenters. The van der Waals surface area contributed by atoms with Gasteiger partial charge < -0.3 is 0 Å². The number of hydrogen-bond donors (Lipinski definition) is 1. The molecular formula is C11H14N2O2S. The lowest BCUT2D eigenvalue weighted by atomic mass is 10.2. The van der Waals surface area contributed by atoms with Crippen LogP contribution in [-0.2, 0) is 10.0 Å². The number of benzene rings is 1. The zero-order chi connectivity index (χ0) is 11.6. The number of aryl methyl sites for hydroxylation is 1. The Balaban J connectivity index is 2.34. The highest BCUT2D eigenvalue weighted by atomic mass is 32.2. The molecule has 0 radical (unpaired) electrons. The van der Waals surface area contributed by atoms with Gasteiger partial charge in [-0.05, 0) is 19.1 Å². The fourth-order valence-electron chi connectivity index (χ4n) is 1.49. The first kappa shape index (κ1) is 11.2. The summed E-state index contributed by atoms with van der Waals surface area (Å²) in [5.41, 5.74) is 1.05. The summed E-state index contributed by atoms with van der Waals surface area (Å²) in [6.07, 6.45) is 3.39. The van der Waals surface area contributed by atoms with Crippen molar-refractivity contribution in [3.05, 3.63) is 42.1 Å². The van der Waals surface area contributed by atoms with Crippen LogP contribution in [-0.4, -0.2) is 25.9 Å². The van der Waals surface area contributed by atoms with E-state index >= 15 is 0 Å². The molecule has 0 saturated heterocycles. The lowest BCUT2D eigenvalue weighted by Gasteiger charge is -2.23. The summed E-state index contributed by atoms with van der Waals surface area (Å²) in [6.45, 7) is 2.96. The maximum absolute atomic E-state index is 12.1. The summed E-state index contributed by atoms with van der Waals surface area (Å²) in [5, 5.41) is 2.98. The van der Waals surface area contributed by atoms with Crippen molar-refractivity contribution in [3.8, 4) is 0 Å². The minimum atomic E-state index is -3.39. The lowest BCUT2D eigenvalue weighted by Crippen LogP contribution is -2.38. The second-order valence-corrected chi connectivity index (χ2v) is 5.59. The van der Waals surface area contributed by atoms with E-state index in [1.807, 2.05) is 6.92 Å². The van der Waals surface area contributed by atoms with E-state index in [1.165, 1.54) is 4.31 Å². The molecule has 1 aliphatic heterocycles. The maximum atomic E-state index is 12.1. The Morgan fingerprint density at radius 2 is 1.94 bits per heavy atom. The maximum Gasteiger partial charge on any atom is 0.264 e. The summed E-state index contributed by atoms with van der Waals surface area (Å²) in [5.74, 6) is 0. The van der Waals surface area contributed by atoms with Crippen LogP contribution in [0.4, 0.5) is 0 Å². The van der Waals surface area contributed by atoms with Gasteiger partial charge in [0.1, 0.15) is 0 Å². The number of hydrogen-bond acceptors (Lipinski definition) is 3. The van der Waals surface area contributed by atoms with E-state index in [1.54, 1.807) is 36.5 Å². The molecule has 0 aliphatic carbocycles. The molecule has 1 heterocycles. The number of nitrogens with one attached hydrogen (secondary N) is 1. The third kappa shape index (κ3) is 2.10. The normalized spacial score (nSPS) is 16.4. The third-order valence-corrected chi connectivity index (χ3v) is 4.17. The van der Waals surface area contributed by atoms with E-state index in [0.717, 1.165) is 5.56 Å². The van der Waals surface area contributed by atoms with E-state index < -0.39 is 10.0 Å². The first-order chi connectivity index (χ1) is 7.60. The first-order valence-electron chi connectivity index (χ1n) is 5.06. The highest BCUT2D eigenvalue weighted by Gasteiger charge is 2.21. The van der Waals surface area contributed by atoms with Crippen LogP contribution < -0.4 is 5.32 Å². The molecule has 2 rings (SSSR count). The van der Waals surface area contributed by atoms with E-state index in [9.17, 15) is 8.42 Å². The average Bonchev–Trinajstić information content (AvgIpc) is 2.31. The zero-order valence-corrected chi connectivity index (χ0v) is 9.87. The molecule has 0 atom stereocenters. The van der Waals surface area contributed by atoms with Gasteiger partial charge in [-0.25, -0.2) is 8.42 Å². The smallest absolute Gasteiger partial charge is 0.264 e. The predicted molar refractivity (Wildman–Crippen MR) is 62.2 cm³/mol. The van der Waals surface area contributed by atoms with Gasteiger partial charge in [0.15, 0.2) is 0 Å². The topological polar surface area (TPSA) is 49.4 Å². The lowest BCUT2D eigenvalue weighted by molar-refractivity contribution is 0.455. The van der Waals surface area contributed by atoms with E-state index in [0.29, 0.717) is 18.1 Å². The molecule has 1 aliphatic rings. The molecule has 0 aromatic heterocycles. The molecule has 0 amide bonds. The average molecular weight is 238 g/mol. The Morgan fingerprint density at radius 3 is 2.50 bits per heavy atom. The fourth-order valence-corrected chi connectivity index (χ4v) is 2.75. The van der Waals surface area contributed by atoms with Crippen molar-refractivity contribution in [1.82, 2.24) is 9.62 Å². The van der Waals surface area contributed by atoms with Gasteiger partial charge in [-0.2, -0.15) is 0 Å². The van der Waals surface area contributed by atoms with Crippen LogP contribution >= 0.6 is 0 Å². The van der Waals surface area contributed by atoms with Crippen LogP contribution in [0.25, 0.3) is 0 Å². The van der Waals surface area contributed by atoms with Gasteiger partial charge in [0.05, 0.1) is 11.6 Å². The van der Waals surface area contributed by atoms with Crippen LogP contribution in [0.3, 0.4) is 0 Å². The Labute approximate surface area is 95.6 Å². The van der Waals surface area contributed by atoms with Gasteiger partial charge in [0.25, 0.3) is 10.0 Å². The van der Waals surface area contributed by atoms with Crippen molar-refractivity contribution in [2.75, 3.05) is 13.2 Å². The van der Waals surface area contributed by atoms with Crippen molar-refractivity contribution in [1.29, 1.82) is 0 Å². The van der Waals surface area contributed by atoms with E-state index in [2.05, 4.69) is 5.32 Å². The molecule has 86 valence electrons. The van der Waals surface area contributed by atoms with Crippen molar-refractivity contribution in [3.63, 3.8) is 0 Å². The Kier molecular flexibility index (Phi) is 2.98. The molecule has 1 aromatic rings. The van der Waals surface area contributed by atoms with Crippen molar-refractivity contribution in [2.45, 2.75) is 11.8 Å². The third-order valence-electron chi connectivity index (χ3n) is 2.43. The molecule has 16 heavy (non-hydrogen) atoms. The standard InChI is InChI=1S/C11H14N2O2S/c1-10-3-5-11(6-4-10)16(14,15)13-8-2-7-12-9-13/h2-6,8,12H,7,9H2,1H3. The van der Waals surface area contributed by atoms with Gasteiger partial charge in [0, 0.05) is 12.7 Å². The van der Waals surface area contributed by atoms with Gasteiger partial charge in [-0.15, -0.1) is 0 Å². The summed E-state index contributed by atoms with van der Waals surface area (Å²) in [7, 11) is -3.39. The van der Waals surface area contributed by atoms with Gasteiger partial charge >= 0.3 is 0 Å². The number of nitrogens with zero attached hydrogens (tertiary/aromatic N) is 1. The molecule has 1 N–H and O–H groups in total. The van der Waals surface area contributed by atoms with Gasteiger partial charge in [-0.1, -0.05) is 23.8 Å². The van der Waals surface area contributed by atoms with Crippen LogP contribution in [0.5, 0.6) is 0 Å². The van der Waals surface area contributed by atoms with E-state index in [4.69, 9.17) is 0 Å². The number of rotatable bonds is 2. The summed E-state index contributed by atoms with van der Waals surface area (Å²) >= 11 is 0.